The van der Waals surface area contributed by atoms with Gasteiger partial charge in [0.15, 0.2) is 5.78 Å². The summed E-state index contributed by atoms with van der Waals surface area (Å²) in [5.74, 6) is -0.168. The minimum absolute atomic E-state index is 0.0254. The minimum Gasteiger partial charge on any atom is -0.353 e. The Bertz CT molecular complexity index is 827. The quantitative estimate of drug-likeness (QED) is 0.781. The van der Waals surface area contributed by atoms with Gasteiger partial charge in [0.05, 0.1) is 0 Å². The molecule has 0 radical (unpaired) electrons. The lowest BCUT2D eigenvalue weighted by molar-refractivity contribution is -0.123. The second kappa shape index (κ2) is 6.96. The summed E-state index contributed by atoms with van der Waals surface area (Å²) in [5, 5.41) is 6.44. The summed E-state index contributed by atoms with van der Waals surface area (Å²) >= 11 is 0. The Hall–Kier alpha value is -2.83. The number of nitrogens with one attached hydrogen (secondary N) is 2. The lowest BCUT2D eigenvalue weighted by Crippen LogP contribution is -2.38. The lowest BCUT2D eigenvalue weighted by atomic mass is 10.1. The summed E-state index contributed by atoms with van der Waals surface area (Å²) in [7, 11) is 0. The van der Waals surface area contributed by atoms with Crippen molar-refractivity contribution in [2.75, 3.05) is 26.2 Å². The molecule has 1 aliphatic heterocycles. The molecular formula is C18H22N4O3. The van der Waals surface area contributed by atoms with Gasteiger partial charge >= 0.3 is 6.03 Å². The van der Waals surface area contributed by atoms with Crippen molar-refractivity contribution in [3.8, 4) is 0 Å². The number of urea groups is 1. The molecule has 1 aromatic carbocycles. The van der Waals surface area contributed by atoms with Crippen LogP contribution < -0.4 is 10.6 Å². The first kappa shape index (κ1) is 17.0. The fourth-order valence-electron chi connectivity index (χ4n) is 3.12. The van der Waals surface area contributed by atoms with E-state index in [1.165, 1.54) is 6.92 Å². The molecule has 3 amide bonds. The zero-order chi connectivity index (χ0) is 18.0. The predicted octanol–water partition coefficient (Wildman–Crippen LogP) is 1.55. The second-order valence-corrected chi connectivity index (χ2v) is 6.21. The zero-order valence-corrected chi connectivity index (χ0v) is 14.4. The maximum atomic E-state index is 12.5. The first-order valence-corrected chi connectivity index (χ1v) is 8.40. The highest BCUT2D eigenvalue weighted by atomic mass is 16.2. The second-order valence-electron chi connectivity index (χ2n) is 6.21. The molecule has 7 nitrogen and oxygen atoms in total. The fraction of sp³-hybridized carbons (Fsp3) is 0.389. The minimum atomic E-state index is -0.453. The molecule has 1 atom stereocenters. The highest BCUT2D eigenvalue weighted by molar-refractivity contribution is 6.07. The van der Waals surface area contributed by atoms with E-state index in [4.69, 9.17) is 0 Å². The van der Waals surface area contributed by atoms with E-state index >= 15 is 0 Å². The molecule has 0 saturated carbocycles. The van der Waals surface area contributed by atoms with Crippen LogP contribution in [0.5, 0.6) is 0 Å². The number of amides is 3. The molecule has 2 heterocycles. The van der Waals surface area contributed by atoms with Crippen LogP contribution in [-0.4, -0.2) is 53.4 Å². The fourth-order valence-corrected chi connectivity index (χ4v) is 3.12. The molecule has 132 valence electrons. The van der Waals surface area contributed by atoms with Crippen molar-refractivity contribution in [3.05, 3.63) is 36.0 Å². The highest BCUT2D eigenvalue weighted by Crippen LogP contribution is 2.25. The van der Waals surface area contributed by atoms with E-state index in [1.807, 2.05) is 28.8 Å². The lowest BCUT2D eigenvalue weighted by Gasteiger charge is -2.18. The number of nitrogens with zero attached hydrogens (tertiary/aromatic N) is 2. The van der Waals surface area contributed by atoms with Crippen molar-refractivity contribution in [1.29, 1.82) is 0 Å². The topological polar surface area (TPSA) is 83.4 Å². The number of benzene rings is 1. The van der Waals surface area contributed by atoms with E-state index in [-0.39, 0.29) is 17.7 Å². The molecule has 2 N–H and O–H groups in total. The molecule has 0 spiro atoms. The smallest absolute Gasteiger partial charge is 0.317 e. The van der Waals surface area contributed by atoms with Gasteiger partial charge in [-0.1, -0.05) is 18.2 Å². The van der Waals surface area contributed by atoms with E-state index in [1.54, 1.807) is 18.0 Å². The Labute approximate surface area is 146 Å². The first-order chi connectivity index (χ1) is 12.0. The van der Waals surface area contributed by atoms with Crippen molar-refractivity contribution in [2.45, 2.75) is 19.9 Å². The average Bonchev–Trinajstić information content (AvgIpc) is 3.18. The molecule has 7 heteroatoms. The number of aromatic nitrogens is 1. The maximum Gasteiger partial charge on any atom is 0.317 e. The first-order valence-electron chi connectivity index (χ1n) is 8.40. The number of hydrogen-bond acceptors (Lipinski definition) is 3. The molecule has 25 heavy (non-hydrogen) atoms. The van der Waals surface area contributed by atoms with Crippen LogP contribution in [0.2, 0.25) is 0 Å². The summed E-state index contributed by atoms with van der Waals surface area (Å²) in [6.45, 7) is 5.51. The Morgan fingerprint density at radius 3 is 2.76 bits per heavy atom. The van der Waals surface area contributed by atoms with Gasteiger partial charge in [-0.15, -0.1) is 0 Å². The molecule has 3 rings (SSSR count). The third-order valence-electron chi connectivity index (χ3n) is 4.54. The number of Topliss-reactive ketones (excluding diaryl/α,β-unsaturated/α-hetero) is 1. The molecule has 0 unspecified atom stereocenters. The number of carbonyl (C=O) groups is 3. The van der Waals surface area contributed by atoms with Gasteiger partial charge < -0.3 is 20.1 Å². The van der Waals surface area contributed by atoms with Gasteiger partial charge in [-0.25, -0.2) is 4.79 Å². The monoisotopic (exact) mass is 342 g/mol. The molecule has 0 bridgehead atoms. The molecule has 1 aromatic heterocycles. The van der Waals surface area contributed by atoms with Gasteiger partial charge in [0, 0.05) is 48.8 Å². The number of rotatable bonds is 6. The third kappa shape index (κ3) is 3.35. The van der Waals surface area contributed by atoms with Crippen LogP contribution in [-0.2, 0) is 4.79 Å². The summed E-state index contributed by atoms with van der Waals surface area (Å²) in [6.07, 6.45) is 1.74. The SMILES string of the molecule is CC(=O)c1cn([C@H](C)C(=O)NCCN2CCNC2=O)c2ccccc12. The Kier molecular flexibility index (Phi) is 4.74. The van der Waals surface area contributed by atoms with Crippen LogP contribution in [0.1, 0.15) is 30.2 Å². The van der Waals surface area contributed by atoms with Crippen molar-refractivity contribution in [1.82, 2.24) is 20.1 Å². The van der Waals surface area contributed by atoms with Crippen molar-refractivity contribution in [3.63, 3.8) is 0 Å². The van der Waals surface area contributed by atoms with Crippen molar-refractivity contribution >= 4 is 28.6 Å². The number of ketones is 1. The van der Waals surface area contributed by atoms with Crippen LogP contribution >= 0.6 is 0 Å². The Morgan fingerprint density at radius 1 is 1.32 bits per heavy atom. The molecule has 0 aliphatic carbocycles. The van der Waals surface area contributed by atoms with Gasteiger partial charge in [0.25, 0.3) is 0 Å². The summed E-state index contributed by atoms with van der Waals surface area (Å²) in [4.78, 5) is 37.5. The number of fused-ring (bicyclic) bond motifs is 1. The normalized spacial score (nSPS) is 15.3. The Morgan fingerprint density at radius 2 is 2.08 bits per heavy atom. The van der Waals surface area contributed by atoms with E-state index in [0.29, 0.717) is 31.7 Å². The van der Waals surface area contributed by atoms with Crippen LogP contribution in [0.25, 0.3) is 10.9 Å². The maximum absolute atomic E-state index is 12.5. The standard InChI is InChI=1S/C18H22N4O3/c1-12(17(24)19-7-9-21-10-8-20-18(21)25)22-11-15(13(2)23)14-5-3-4-6-16(14)22/h3-6,11-12H,7-10H2,1-2H3,(H,19,24)(H,20,25)/t12-/m1/s1. The summed E-state index contributed by atoms with van der Waals surface area (Å²) < 4.78 is 1.82. The van der Waals surface area contributed by atoms with Crippen LogP contribution in [0, 0.1) is 0 Å². The number of para-hydroxylation sites is 1. The van der Waals surface area contributed by atoms with Gasteiger partial charge in [0.2, 0.25) is 5.91 Å². The highest BCUT2D eigenvalue weighted by Gasteiger charge is 2.22. The van der Waals surface area contributed by atoms with Crippen LogP contribution in [0.4, 0.5) is 4.79 Å². The van der Waals surface area contributed by atoms with Crippen molar-refractivity contribution in [2.24, 2.45) is 0 Å². The zero-order valence-electron chi connectivity index (χ0n) is 14.4. The average molecular weight is 342 g/mol. The number of carbonyl (C=O) groups excluding carboxylic acids is 3. The van der Waals surface area contributed by atoms with Gasteiger partial charge in [-0.2, -0.15) is 0 Å². The predicted molar refractivity (Wildman–Crippen MR) is 94.6 cm³/mol. The summed E-state index contributed by atoms with van der Waals surface area (Å²) in [6, 6.07) is 7.01. The largest absolute Gasteiger partial charge is 0.353 e. The molecule has 1 fully saturated rings. The van der Waals surface area contributed by atoms with Crippen LogP contribution in [0.15, 0.2) is 30.5 Å². The van der Waals surface area contributed by atoms with E-state index < -0.39 is 6.04 Å². The van der Waals surface area contributed by atoms with Gasteiger partial charge in [0.1, 0.15) is 6.04 Å². The van der Waals surface area contributed by atoms with E-state index in [9.17, 15) is 14.4 Å². The molecular weight excluding hydrogens is 320 g/mol. The third-order valence-corrected chi connectivity index (χ3v) is 4.54. The number of hydrogen-bond donors (Lipinski definition) is 2. The van der Waals surface area contributed by atoms with Crippen LogP contribution in [0.3, 0.4) is 0 Å². The van der Waals surface area contributed by atoms with Gasteiger partial charge in [-0.3, -0.25) is 9.59 Å². The van der Waals surface area contributed by atoms with Crippen molar-refractivity contribution < 1.29 is 14.4 Å². The van der Waals surface area contributed by atoms with E-state index in [0.717, 1.165) is 10.9 Å². The Balaban J connectivity index is 1.71. The summed E-state index contributed by atoms with van der Waals surface area (Å²) in [5.41, 5.74) is 1.47. The van der Waals surface area contributed by atoms with Gasteiger partial charge in [-0.05, 0) is 19.9 Å². The van der Waals surface area contributed by atoms with E-state index in [2.05, 4.69) is 10.6 Å². The molecule has 1 aliphatic rings. The molecule has 2 aromatic rings. The molecule has 1 saturated heterocycles.